The summed E-state index contributed by atoms with van der Waals surface area (Å²) in [7, 11) is 1.93. The zero-order valence-corrected chi connectivity index (χ0v) is 9.35. The number of rotatable bonds is 1. The average molecular weight is 232 g/mol. The molecule has 0 aromatic heterocycles. The molecule has 0 radical (unpaired) electrons. The van der Waals surface area contributed by atoms with Crippen molar-refractivity contribution >= 4 is 23.2 Å². The molecule has 1 saturated heterocycles. The number of benzene rings is 1. The maximum absolute atomic E-state index is 5.93. The van der Waals surface area contributed by atoms with Crippen molar-refractivity contribution in [1.82, 2.24) is 5.06 Å². The van der Waals surface area contributed by atoms with Crippen molar-refractivity contribution in [2.75, 3.05) is 13.6 Å². The van der Waals surface area contributed by atoms with Crippen molar-refractivity contribution in [1.29, 1.82) is 0 Å². The normalized spacial score (nSPS) is 22.9. The van der Waals surface area contributed by atoms with Crippen LogP contribution in [0.4, 0.5) is 0 Å². The Morgan fingerprint density at radius 1 is 1.36 bits per heavy atom. The second-order valence-corrected chi connectivity index (χ2v) is 4.22. The van der Waals surface area contributed by atoms with E-state index in [1.165, 1.54) is 0 Å². The van der Waals surface area contributed by atoms with Crippen LogP contribution in [0.2, 0.25) is 10.0 Å². The predicted octanol–water partition coefficient (Wildman–Crippen LogP) is 3.30. The average Bonchev–Trinajstić information content (AvgIpc) is 2.57. The standard InChI is InChI=1S/C10H11Cl2NO/c1-13-5-4-10(14-13)7-2-3-8(11)9(12)6-7/h2-3,6,10H,4-5H2,1H3. The second-order valence-electron chi connectivity index (χ2n) is 3.41. The quantitative estimate of drug-likeness (QED) is 0.736. The summed E-state index contributed by atoms with van der Waals surface area (Å²) in [5, 5.41) is 3.01. The lowest BCUT2D eigenvalue weighted by Gasteiger charge is -2.12. The first-order valence-electron chi connectivity index (χ1n) is 4.49. The second kappa shape index (κ2) is 4.07. The minimum atomic E-state index is 0.120. The van der Waals surface area contributed by atoms with E-state index in [1.807, 2.05) is 24.2 Å². The molecular weight excluding hydrogens is 221 g/mol. The third-order valence-electron chi connectivity index (χ3n) is 2.33. The third kappa shape index (κ3) is 2.04. The van der Waals surface area contributed by atoms with Gasteiger partial charge in [0.1, 0.15) is 6.10 Å². The molecule has 0 amide bonds. The Hall–Kier alpha value is -0.280. The van der Waals surface area contributed by atoms with Gasteiger partial charge in [0.25, 0.3) is 0 Å². The lowest BCUT2D eigenvalue weighted by Crippen LogP contribution is -2.10. The summed E-state index contributed by atoms with van der Waals surface area (Å²) in [5.74, 6) is 0. The number of hydroxylamine groups is 2. The van der Waals surface area contributed by atoms with Gasteiger partial charge in [0, 0.05) is 13.6 Å². The van der Waals surface area contributed by atoms with Crippen LogP contribution in [0.5, 0.6) is 0 Å². The van der Waals surface area contributed by atoms with Crippen molar-refractivity contribution in [2.45, 2.75) is 12.5 Å². The molecule has 1 aliphatic heterocycles. The minimum absolute atomic E-state index is 0.120. The number of halogens is 2. The Labute approximate surface area is 93.3 Å². The van der Waals surface area contributed by atoms with Gasteiger partial charge >= 0.3 is 0 Å². The van der Waals surface area contributed by atoms with E-state index in [1.54, 1.807) is 6.07 Å². The van der Waals surface area contributed by atoms with Crippen LogP contribution in [0.3, 0.4) is 0 Å². The molecule has 1 heterocycles. The fourth-order valence-electron chi connectivity index (χ4n) is 1.56. The molecule has 2 rings (SSSR count). The summed E-state index contributed by atoms with van der Waals surface area (Å²) in [6.45, 7) is 0.949. The minimum Gasteiger partial charge on any atom is -0.291 e. The summed E-state index contributed by atoms with van der Waals surface area (Å²) in [6.07, 6.45) is 1.11. The van der Waals surface area contributed by atoms with Gasteiger partial charge in [-0.15, -0.1) is 0 Å². The lowest BCUT2D eigenvalue weighted by molar-refractivity contribution is -0.128. The molecule has 4 heteroatoms. The largest absolute Gasteiger partial charge is 0.291 e. The highest BCUT2D eigenvalue weighted by Crippen LogP contribution is 2.31. The van der Waals surface area contributed by atoms with Crippen LogP contribution in [0.25, 0.3) is 0 Å². The molecule has 1 aromatic carbocycles. The number of hydrogen-bond donors (Lipinski definition) is 0. The van der Waals surface area contributed by atoms with E-state index in [0.717, 1.165) is 18.5 Å². The van der Waals surface area contributed by atoms with Gasteiger partial charge in [-0.3, -0.25) is 4.84 Å². The van der Waals surface area contributed by atoms with Gasteiger partial charge in [-0.1, -0.05) is 29.3 Å². The van der Waals surface area contributed by atoms with Crippen molar-refractivity contribution < 1.29 is 4.84 Å². The van der Waals surface area contributed by atoms with Crippen molar-refractivity contribution in [3.63, 3.8) is 0 Å². The highest BCUT2D eigenvalue weighted by Gasteiger charge is 2.22. The van der Waals surface area contributed by atoms with E-state index in [9.17, 15) is 0 Å². The van der Waals surface area contributed by atoms with Gasteiger partial charge in [-0.2, -0.15) is 5.06 Å². The Morgan fingerprint density at radius 3 is 2.71 bits per heavy atom. The van der Waals surface area contributed by atoms with E-state index < -0.39 is 0 Å². The number of hydrogen-bond acceptors (Lipinski definition) is 2. The maximum Gasteiger partial charge on any atom is 0.106 e. The molecule has 2 nitrogen and oxygen atoms in total. The monoisotopic (exact) mass is 231 g/mol. The van der Waals surface area contributed by atoms with Crippen molar-refractivity contribution in [2.24, 2.45) is 0 Å². The third-order valence-corrected chi connectivity index (χ3v) is 3.07. The van der Waals surface area contributed by atoms with Crippen LogP contribution < -0.4 is 0 Å². The molecule has 0 bridgehead atoms. The van der Waals surface area contributed by atoms with Crippen LogP contribution in [-0.2, 0) is 4.84 Å². The van der Waals surface area contributed by atoms with Crippen LogP contribution in [0, 0.1) is 0 Å². The molecule has 1 aromatic rings. The summed E-state index contributed by atoms with van der Waals surface area (Å²) >= 11 is 11.8. The Kier molecular flexibility index (Phi) is 2.98. The molecule has 14 heavy (non-hydrogen) atoms. The first kappa shape index (κ1) is 10.2. The zero-order chi connectivity index (χ0) is 10.1. The van der Waals surface area contributed by atoms with Crippen molar-refractivity contribution in [3.8, 4) is 0 Å². The first-order valence-corrected chi connectivity index (χ1v) is 5.25. The van der Waals surface area contributed by atoms with Gasteiger partial charge in [0.05, 0.1) is 10.0 Å². The molecule has 0 saturated carbocycles. The predicted molar refractivity (Wildman–Crippen MR) is 57.5 cm³/mol. The van der Waals surface area contributed by atoms with E-state index in [0.29, 0.717) is 10.0 Å². The van der Waals surface area contributed by atoms with E-state index in [-0.39, 0.29) is 6.10 Å². The van der Waals surface area contributed by atoms with Crippen LogP contribution >= 0.6 is 23.2 Å². The molecule has 1 aliphatic rings. The highest BCUT2D eigenvalue weighted by atomic mass is 35.5. The molecule has 76 valence electrons. The van der Waals surface area contributed by atoms with Crippen molar-refractivity contribution in [3.05, 3.63) is 33.8 Å². The lowest BCUT2D eigenvalue weighted by atomic mass is 10.1. The molecule has 1 unspecified atom stereocenters. The van der Waals surface area contributed by atoms with E-state index >= 15 is 0 Å². The van der Waals surface area contributed by atoms with Crippen LogP contribution in [-0.4, -0.2) is 18.7 Å². The first-order chi connectivity index (χ1) is 6.66. The maximum atomic E-state index is 5.93. The van der Waals surface area contributed by atoms with Gasteiger partial charge in [0.15, 0.2) is 0 Å². The van der Waals surface area contributed by atoms with E-state index in [2.05, 4.69) is 0 Å². The van der Waals surface area contributed by atoms with Gasteiger partial charge < -0.3 is 0 Å². The Bertz CT molecular complexity index is 343. The molecule has 1 atom stereocenters. The smallest absolute Gasteiger partial charge is 0.106 e. The number of nitrogens with zero attached hydrogens (tertiary/aromatic N) is 1. The summed E-state index contributed by atoms with van der Waals surface area (Å²) in [6, 6.07) is 5.63. The van der Waals surface area contributed by atoms with Crippen LogP contribution in [0.1, 0.15) is 18.1 Å². The SMILES string of the molecule is CN1CCC(c2ccc(Cl)c(Cl)c2)O1. The van der Waals surface area contributed by atoms with E-state index in [4.69, 9.17) is 28.0 Å². The fraction of sp³-hybridized carbons (Fsp3) is 0.400. The fourth-order valence-corrected chi connectivity index (χ4v) is 1.87. The molecule has 1 fully saturated rings. The zero-order valence-electron chi connectivity index (χ0n) is 7.84. The Morgan fingerprint density at radius 2 is 2.14 bits per heavy atom. The molecular formula is C10H11Cl2NO. The Balaban J connectivity index is 2.20. The molecule has 0 N–H and O–H groups in total. The van der Waals surface area contributed by atoms with Gasteiger partial charge in [-0.25, -0.2) is 0 Å². The topological polar surface area (TPSA) is 12.5 Å². The molecule has 0 spiro atoms. The van der Waals surface area contributed by atoms with Crippen LogP contribution in [0.15, 0.2) is 18.2 Å². The molecule has 0 aliphatic carbocycles. The summed E-state index contributed by atoms with van der Waals surface area (Å²) in [4.78, 5) is 5.57. The summed E-state index contributed by atoms with van der Waals surface area (Å²) < 4.78 is 0. The highest BCUT2D eigenvalue weighted by molar-refractivity contribution is 6.42. The van der Waals surface area contributed by atoms with Gasteiger partial charge in [-0.05, 0) is 24.1 Å². The summed E-state index contributed by atoms with van der Waals surface area (Å²) in [5.41, 5.74) is 1.09. The van der Waals surface area contributed by atoms with Gasteiger partial charge in [0.2, 0.25) is 0 Å².